The lowest BCUT2D eigenvalue weighted by molar-refractivity contribution is -0.136. The van der Waals surface area contributed by atoms with Crippen molar-refractivity contribution in [2.75, 3.05) is 20.7 Å². The Morgan fingerprint density at radius 1 is 1.58 bits per heavy atom. The third-order valence-corrected chi connectivity index (χ3v) is 0.970. The van der Waals surface area contributed by atoms with Gasteiger partial charge < -0.3 is 9.64 Å². The van der Waals surface area contributed by atoms with Crippen molar-refractivity contribution in [1.29, 1.82) is 0 Å². The minimum Gasteiger partial charge on any atom is -0.458 e. The third-order valence-electron chi connectivity index (χ3n) is 0.970. The van der Waals surface area contributed by atoms with Crippen LogP contribution < -0.4 is 0 Å². The lowest BCUT2D eigenvalue weighted by Crippen LogP contribution is -2.06. The number of esters is 1. The van der Waals surface area contributed by atoms with Gasteiger partial charge in [-0.15, -0.1) is 0 Å². The van der Waals surface area contributed by atoms with E-state index in [9.17, 15) is 4.79 Å². The molecule has 0 bridgehead atoms. The second-order valence-corrected chi connectivity index (χ2v) is 2.84. The van der Waals surface area contributed by atoms with Gasteiger partial charge in [0, 0.05) is 26.4 Å². The predicted octanol–water partition coefficient (Wildman–Crippen LogP) is 1.18. The van der Waals surface area contributed by atoms with E-state index in [4.69, 9.17) is 4.74 Å². The summed E-state index contributed by atoms with van der Waals surface area (Å²) in [5.74, 6) is -0.341. The topological polar surface area (TPSA) is 29.5 Å². The molecule has 68 valence electrons. The van der Waals surface area contributed by atoms with Crippen molar-refractivity contribution >= 4 is 5.97 Å². The van der Waals surface area contributed by atoms with E-state index in [1.165, 1.54) is 6.08 Å². The number of carbonyl (C=O) groups is 1. The van der Waals surface area contributed by atoms with Gasteiger partial charge in [0.1, 0.15) is 6.61 Å². The van der Waals surface area contributed by atoms with Gasteiger partial charge >= 0.3 is 5.97 Å². The first kappa shape index (κ1) is 10.8. The summed E-state index contributed by atoms with van der Waals surface area (Å²) in [6, 6.07) is 0. The van der Waals surface area contributed by atoms with Crippen molar-refractivity contribution in [2.45, 2.75) is 6.92 Å². The van der Waals surface area contributed by atoms with Crippen molar-refractivity contribution in [2.24, 2.45) is 0 Å². The highest BCUT2D eigenvalue weighted by Gasteiger charge is 1.95. The largest absolute Gasteiger partial charge is 0.458 e. The van der Waals surface area contributed by atoms with Crippen molar-refractivity contribution in [1.82, 2.24) is 4.90 Å². The average Bonchev–Trinajstić information content (AvgIpc) is 1.96. The SMILES string of the molecule is C=C(C)COC(=O)C=CN(C)C. The van der Waals surface area contributed by atoms with E-state index in [2.05, 4.69) is 6.58 Å². The van der Waals surface area contributed by atoms with Crippen molar-refractivity contribution < 1.29 is 9.53 Å². The van der Waals surface area contributed by atoms with E-state index in [-0.39, 0.29) is 12.6 Å². The maximum atomic E-state index is 10.9. The molecule has 0 spiro atoms. The molecule has 0 N–H and O–H groups in total. The molecule has 0 heterocycles. The molecular weight excluding hydrogens is 154 g/mol. The van der Waals surface area contributed by atoms with Crippen LogP contribution in [-0.2, 0) is 9.53 Å². The van der Waals surface area contributed by atoms with Gasteiger partial charge in [0.05, 0.1) is 0 Å². The number of ether oxygens (including phenoxy) is 1. The number of rotatable bonds is 4. The van der Waals surface area contributed by atoms with Gasteiger partial charge in [-0.1, -0.05) is 6.58 Å². The molecule has 0 aromatic heterocycles. The summed E-state index contributed by atoms with van der Waals surface area (Å²) >= 11 is 0. The van der Waals surface area contributed by atoms with E-state index in [1.54, 1.807) is 11.1 Å². The minimum absolute atomic E-state index is 0.288. The molecule has 3 heteroatoms. The molecule has 0 unspecified atom stereocenters. The Balaban J connectivity index is 3.67. The first-order chi connectivity index (χ1) is 5.52. The van der Waals surface area contributed by atoms with Crippen LogP contribution in [0.5, 0.6) is 0 Å². The van der Waals surface area contributed by atoms with E-state index in [0.29, 0.717) is 0 Å². The average molecular weight is 169 g/mol. The van der Waals surface area contributed by atoms with Crippen molar-refractivity contribution in [3.63, 3.8) is 0 Å². The lowest BCUT2D eigenvalue weighted by Gasteiger charge is -2.03. The molecular formula is C9H15NO2. The van der Waals surface area contributed by atoms with Crippen molar-refractivity contribution in [3.05, 3.63) is 24.4 Å². The van der Waals surface area contributed by atoms with Crippen LogP contribution in [0.3, 0.4) is 0 Å². The van der Waals surface area contributed by atoms with Crippen LogP contribution in [0.2, 0.25) is 0 Å². The second-order valence-electron chi connectivity index (χ2n) is 2.84. The normalized spacial score (nSPS) is 9.92. The first-order valence-corrected chi connectivity index (χ1v) is 3.68. The molecule has 0 saturated carbocycles. The summed E-state index contributed by atoms with van der Waals surface area (Å²) in [4.78, 5) is 12.6. The van der Waals surface area contributed by atoms with Crippen LogP contribution in [0.25, 0.3) is 0 Å². The highest BCUT2D eigenvalue weighted by molar-refractivity contribution is 5.81. The molecule has 0 aliphatic rings. The summed E-state index contributed by atoms with van der Waals surface area (Å²) in [6.07, 6.45) is 3.02. The van der Waals surface area contributed by atoms with Gasteiger partial charge in [0.25, 0.3) is 0 Å². The van der Waals surface area contributed by atoms with Gasteiger partial charge in [-0.25, -0.2) is 4.79 Å². The Bertz CT molecular complexity index is 195. The van der Waals surface area contributed by atoms with E-state index < -0.39 is 0 Å². The van der Waals surface area contributed by atoms with Crippen LogP contribution in [-0.4, -0.2) is 31.6 Å². The van der Waals surface area contributed by atoms with E-state index in [1.807, 2.05) is 21.0 Å². The molecule has 0 aromatic carbocycles. The molecule has 0 aliphatic carbocycles. The Labute approximate surface area is 73.3 Å². The highest BCUT2D eigenvalue weighted by Crippen LogP contribution is 1.90. The maximum Gasteiger partial charge on any atom is 0.332 e. The Morgan fingerprint density at radius 3 is 2.58 bits per heavy atom. The number of nitrogens with zero attached hydrogens (tertiary/aromatic N) is 1. The molecule has 3 nitrogen and oxygen atoms in total. The van der Waals surface area contributed by atoms with Gasteiger partial charge in [-0.3, -0.25) is 0 Å². The Morgan fingerprint density at radius 2 is 2.17 bits per heavy atom. The highest BCUT2D eigenvalue weighted by atomic mass is 16.5. The fraction of sp³-hybridized carbons (Fsp3) is 0.444. The monoisotopic (exact) mass is 169 g/mol. The summed E-state index contributed by atoms with van der Waals surface area (Å²) in [5, 5.41) is 0. The first-order valence-electron chi connectivity index (χ1n) is 3.68. The zero-order chi connectivity index (χ0) is 9.56. The standard InChI is InChI=1S/C9H15NO2/c1-8(2)7-12-9(11)5-6-10(3)4/h5-6H,1,7H2,2-4H3. The van der Waals surface area contributed by atoms with Gasteiger partial charge in [-0.05, 0) is 12.5 Å². The molecule has 0 fully saturated rings. The van der Waals surface area contributed by atoms with Crippen LogP contribution in [0.1, 0.15) is 6.92 Å². The van der Waals surface area contributed by atoms with Crippen LogP contribution >= 0.6 is 0 Å². The molecule has 0 atom stereocenters. The molecule has 0 radical (unpaired) electrons. The zero-order valence-corrected chi connectivity index (χ0v) is 7.83. The Kier molecular flexibility index (Phi) is 4.84. The summed E-state index contributed by atoms with van der Waals surface area (Å²) < 4.78 is 4.80. The molecule has 0 aliphatic heterocycles. The minimum atomic E-state index is -0.341. The van der Waals surface area contributed by atoms with E-state index >= 15 is 0 Å². The molecule has 0 saturated heterocycles. The fourth-order valence-corrected chi connectivity index (χ4v) is 0.452. The van der Waals surface area contributed by atoms with Gasteiger partial charge in [0.15, 0.2) is 0 Å². The van der Waals surface area contributed by atoms with E-state index in [0.717, 1.165) is 5.57 Å². The van der Waals surface area contributed by atoms with Crippen molar-refractivity contribution in [3.8, 4) is 0 Å². The predicted molar refractivity (Wildman–Crippen MR) is 48.6 cm³/mol. The quantitative estimate of drug-likeness (QED) is 0.359. The van der Waals surface area contributed by atoms with Crippen LogP contribution in [0.15, 0.2) is 24.4 Å². The number of carbonyl (C=O) groups excluding carboxylic acids is 1. The number of hydrogen-bond acceptors (Lipinski definition) is 3. The lowest BCUT2D eigenvalue weighted by atomic mass is 10.4. The number of hydrogen-bond donors (Lipinski definition) is 0. The molecule has 0 rings (SSSR count). The van der Waals surface area contributed by atoms with Gasteiger partial charge in [0.2, 0.25) is 0 Å². The smallest absolute Gasteiger partial charge is 0.332 e. The second kappa shape index (κ2) is 5.41. The maximum absolute atomic E-state index is 10.9. The molecule has 12 heavy (non-hydrogen) atoms. The Hall–Kier alpha value is -1.25. The fourth-order valence-electron chi connectivity index (χ4n) is 0.452. The summed E-state index contributed by atoms with van der Waals surface area (Å²) in [5.41, 5.74) is 0.835. The van der Waals surface area contributed by atoms with Crippen LogP contribution in [0.4, 0.5) is 0 Å². The molecule has 0 amide bonds. The summed E-state index contributed by atoms with van der Waals surface area (Å²) in [7, 11) is 3.67. The zero-order valence-electron chi connectivity index (χ0n) is 7.83. The molecule has 0 aromatic rings. The van der Waals surface area contributed by atoms with Crippen LogP contribution in [0, 0.1) is 0 Å². The summed E-state index contributed by atoms with van der Waals surface area (Å²) in [6.45, 7) is 5.71. The third kappa shape index (κ3) is 6.86. The van der Waals surface area contributed by atoms with Gasteiger partial charge in [-0.2, -0.15) is 0 Å².